The maximum atomic E-state index is 6.06. The van der Waals surface area contributed by atoms with Gasteiger partial charge in [0.1, 0.15) is 0 Å². The number of nitrogens with zero attached hydrogens (tertiary/aromatic N) is 1. The molecule has 2 aromatic rings. The molecule has 0 unspecified atom stereocenters. The Morgan fingerprint density at radius 1 is 1.42 bits per heavy atom. The second kappa shape index (κ2) is 2.92. The van der Waals surface area contributed by atoms with Gasteiger partial charge in [0.25, 0.3) is 0 Å². The van der Waals surface area contributed by atoms with Crippen LogP contribution >= 0.6 is 34.2 Å². The van der Waals surface area contributed by atoms with Crippen molar-refractivity contribution < 1.29 is 0 Å². The van der Waals surface area contributed by atoms with Crippen LogP contribution in [0.4, 0.5) is 0 Å². The van der Waals surface area contributed by atoms with Crippen LogP contribution in [-0.4, -0.2) is 4.57 Å². The van der Waals surface area contributed by atoms with Crippen LogP contribution in [0.3, 0.4) is 0 Å². The number of aryl methyl sites for hydroxylation is 1. The molecule has 0 aliphatic rings. The Morgan fingerprint density at radius 3 is 2.92 bits per heavy atom. The summed E-state index contributed by atoms with van der Waals surface area (Å²) in [5, 5.41) is 1.96. The molecular weight excluding hydrogens is 284 g/mol. The number of fused-ring (bicyclic) bond motifs is 1. The molecule has 0 atom stereocenters. The summed E-state index contributed by atoms with van der Waals surface area (Å²) in [6.45, 7) is 0. The Balaban J connectivity index is 2.92. The number of hydrogen-bond donors (Lipinski definition) is 0. The standard InChI is InChI=1S/C9H7ClIN/c1-12-3-2-7-8(10)4-6(11)5-9(7)12/h2-5H,1H3. The molecule has 0 saturated carbocycles. The van der Waals surface area contributed by atoms with E-state index in [0.29, 0.717) is 0 Å². The SMILES string of the molecule is Cn1ccc2c(Cl)cc(I)cc21. The fourth-order valence-corrected chi connectivity index (χ4v) is 2.36. The van der Waals surface area contributed by atoms with Gasteiger partial charge in [0.2, 0.25) is 0 Å². The quantitative estimate of drug-likeness (QED) is 0.655. The van der Waals surface area contributed by atoms with Gasteiger partial charge < -0.3 is 4.57 Å². The van der Waals surface area contributed by atoms with Crippen LogP contribution in [0.2, 0.25) is 5.02 Å². The minimum absolute atomic E-state index is 0.831. The molecule has 1 nitrogen and oxygen atoms in total. The molecule has 1 heterocycles. The Bertz CT molecular complexity index is 433. The third kappa shape index (κ3) is 1.23. The number of halogens is 2. The predicted molar refractivity (Wildman–Crippen MR) is 60.6 cm³/mol. The van der Waals surface area contributed by atoms with Gasteiger partial charge in [0.05, 0.1) is 10.5 Å². The lowest BCUT2D eigenvalue weighted by molar-refractivity contribution is 0.969. The monoisotopic (exact) mass is 291 g/mol. The van der Waals surface area contributed by atoms with Crippen LogP contribution in [0.5, 0.6) is 0 Å². The Kier molecular flexibility index (Phi) is 2.04. The summed E-state index contributed by atoms with van der Waals surface area (Å²) in [7, 11) is 2.02. The molecule has 2 rings (SSSR count). The summed E-state index contributed by atoms with van der Waals surface area (Å²) in [4.78, 5) is 0. The van der Waals surface area contributed by atoms with E-state index < -0.39 is 0 Å². The molecule has 0 spiro atoms. The second-order valence-corrected chi connectivity index (χ2v) is 4.40. The fourth-order valence-electron chi connectivity index (χ4n) is 1.29. The molecule has 0 aliphatic carbocycles. The highest BCUT2D eigenvalue weighted by molar-refractivity contribution is 14.1. The van der Waals surface area contributed by atoms with Gasteiger partial charge in [-0.05, 0) is 40.8 Å². The van der Waals surface area contributed by atoms with Gasteiger partial charge in [-0.15, -0.1) is 0 Å². The largest absolute Gasteiger partial charge is 0.350 e. The molecule has 0 bridgehead atoms. The minimum atomic E-state index is 0.831. The first-order valence-electron chi connectivity index (χ1n) is 3.58. The van der Waals surface area contributed by atoms with Gasteiger partial charge in [0.15, 0.2) is 0 Å². The van der Waals surface area contributed by atoms with E-state index in [1.54, 1.807) is 0 Å². The van der Waals surface area contributed by atoms with Crippen LogP contribution in [-0.2, 0) is 7.05 Å². The lowest BCUT2D eigenvalue weighted by Crippen LogP contribution is -1.84. The molecule has 0 saturated heterocycles. The third-order valence-corrected chi connectivity index (χ3v) is 2.85. The van der Waals surface area contributed by atoms with Gasteiger partial charge in [0, 0.05) is 22.2 Å². The first-order chi connectivity index (χ1) is 5.68. The molecule has 1 aromatic carbocycles. The Morgan fingerprint density at radius 2 is 2.17 bits per heavy atom. The first kappa shape index (κ1) is 8.38. The summed E-state index contributed by atoms with van der Waals surface area (Å²) >= 11 is 8.33. The van der Waals surface area contributed by atoms with E-state index in [4.69, 9.17) is 11.6 Å². The zero-order valence-electron chi connectivity index (χ0n) is 6.51. The average molecular weight is 292 g/mol. The molecule has 3 heteroatoms. The predicted octanol–water partition coefficient (Wildman–Crippen LogP) is 3.44. The highest BCUT2D eigenvalue weighted by Gasteiger charge is 2.02. The summed E-state index contributed by atoms with van der Waals surface area (Å²) in [5.41, 5.74) is 1.19. The summed E-state index contributed by atoms with van der Waals surface area (Å²) in [6, 6.07) is 6.14. The van der Waals surface area contributed by atoms with E-state index in [1.807, 2.05) is 25.4 Å². The first-order valence-corrected chi connectivity index (χ1v) is 5.04. The van der Waals surface area contributed by atoms with Gasteiger partial charge in [-0.1, -0.05) is 11.6 Å². The molecule has 12 heavy (non-hydrogen) atoms. The van der Waals surface area contributed by atoms with Crippen LogP contribution < -0.4 is 0 Å². The van der Waals surface area contributed by atoms with E-state index in [2.05, 4.69) is 33.2 Å². The van der Waals surface area contributed by atoms with Crippen molar-refractivity contribution >= 4 is 45.1 Å². The molecule has 62 valence electrons. The van der Waals surface area contributed by atoms with Crippen molar-refractivity contribution in [3.8, 4) is 0 Å². The lowest BCUT2D eigenvalue weighted by Gasteiger charge is -1.98. The van der Waals surface area contributed by atoms with Crippen molar-refractivity contribution in [2.45, 2.75) is 0 Å². The normalized spacial score (nSPS) is 10.9. The molecule has 0 N–H and O–H groups in total. The van der Waals surface area contributed by atoms with Crippen molar-refractivity contribution in [1.29, 1.82) is 0 Å². The van der Waals surface area contributed by atoms with Crippen molar-refractivity contribution in [3.63, 3.8) is 0 Å². The average Bonchev–Trinajstić information content (AvgIpc) is 2.33. The fraction of sp³-hybridized carbons (Fsp3) is 0.111. The summed E-state index contributed by atoms with van der Waals surface area (Å²) in [5.74, 6) is 0. The molecular formula is C9H7ClIN. The van der Waals surface area contributed by atoms with E-state index in [0.717, 1.165) is 10.4 Å². The maximum Gasteiger partial charge on any atom is 0.0510 e. The van der Waals surface area contributed by atoms with Crippen LogP contribution in [0.15, 0.2) is 24.4 Å². The topological polar surface area (TPSA) is 4.93 Å². The lowest BCUT2D eigenvalue weighted by atomic mass is 10.2. The summed E-state index contributed by atoms with van der Waals surface area (Å²) in [6.07, 6.45) is 2.02. The van der Waals surface area contributed by atoms with Gasteiger partial charge in [-0.3, -0.25) is 0 Å². The number of rotatable bonds is 0. The Hall–Kier alpha value is -0.220. The van der Waals surface area contributed by atoms with Crippen LogP contribution in [0, 0.1) is 3.57 Å². The van der Waals surface area contributed by atoms with E-state index in [-0.39, 0.29) is 0 Å². The van der Waals surface area contributed by atoms with Gasteiger partial charge >= 0.3 is 0 Å². The van der Waals surface area contributed by atoms with E-state index >= 15 is 0 Å². The van der Waals surface area contributed by atoms with E-state index in [1.165, 1.54) is 9.09 Å². The van der Waals surface area contributed by atoms with E-state index in [9.17, 15) is 0 Å². The Labute approximate surface area is 89.5 Å². The van der Waals surface area contributed by atoms with Crippen molar-refractivity contribution in [3.05, 3.63) is 33.0 Å². The highest BCUT2D eigenvalue weighted by atomic mass is 127. The molecule has 0 fully saturated rings. The zero-order chi connectivity index (χ0) is 8.72. The zero-order valence-corrected chi connectivity index (χ0v) is 9.43. The van der Waals surface area contributed by atoms with Crippen molar-refractivity contribution in [2.24, 2.45) is 7.05 Å². The number of hydrogen-bond acceptors (Lipinski definition) is 0. The maximum absolute atomic E-state index is 6.06. The molecule has 1 aromatic heterocycles. The third-order valence-electron chi connectivity index (χ3n) is 1.92. The molecule has 0 aliphatic heterocycles. The second-order valence-electron chi connectivity index (χ2n) is 2.75. The van der Waals surface area contributed by atoms with Gasteiger partial charge in [-0.25, -0.2) is 0 Å². The molecule has 0 radical (unpaired) electrons. The highest BCUT2D eigenvalue weighted by Crippen LogP contribution is 2.26. The van der Waals surface area contributed by atoms with Crippen LogP contribution in [0.25, 0.3) is 10.9 Å². The number of aromatic nitrogens is 1. The van der Waals surface area contributed by atoms with Gasteiger partial charge in [-0.2, -0.15) is 0 Å². The van der Waals surface area contributed by atoms with Crippen molar-refractivity contribution in [2.75, 3.05) is 0 Å². The minimum Gasteiger partial charge on any atom is -0.350 e. The van der Waals surface area contributed by atoms with Crippen molar-refractivity contribution in [1.82, 2.24) is 4.57 Å². The smallest absolute Gasteiger partial charge is 0.0510 e. The number of benzene rings is 1. The van der Waals surface area contributed by atoms with Crippen LogP contribution in [0.1, 0.15) is 0 Å². The summed E-state index contributed by atoms with van der Waals surface area (Å²) < 4.78 is 3.25. The molecule has 0 amide bonds.